The van der Waals surface area contributed by atoms with Gasteiger partial charge >= 0.3 is 0 Å². The predicted octanol–water partition coefficient (Wildman–Crippen LogP) is 2.18. The number of carbonyl (C=O) groups is 1. The molecule has 2 rings (SSSR count). The fourth-order valence-corrected chi connectivity index (χ4v) is 4.35. The Hall–Kier alpha value is -1.37. The van der Waals surface area contributed by atoms with Gasteiger partial charge in [-0.05, 0) is 30.5 Å². The van der Waals surface area contributed by atoms with Crippen LogP contribution in [-0.4, -0.2) is 38.3 Å². The van der Waals surface area contributed by atoms with Gasteiger partial charge in [0.25, 0.3) is 0 Å². The molecule has 1 atom stereocenters. The number of halogens is 1. The zero-order chi connectivity index (χ0) is 16.9. The minimum atomic E-state index is -3.45. The van der Waals surface area contributed by atoms with Gasteiger partial charge < -0.3 is 5.32 Å². The monoisotopic (exact) mass is 356 g/mol. The standard InChI is InChI=1S/C16H21ClN2O3S/c1-2-9-18-16(20)14-4-3-10-19(11-14)23(21,22)12-13-5-7-15(17)8-6-13/h2,5-8,14H,1,3-4,9-12H2,(H,18,20)/t14-/m0/s1. The Labute approximate surface area is 142 Å². The smallest absolute Gasteiger partial charge is 0.224 e. The highest BCUT2D eigenvalue weighted by Crippen LogP contribution is 2.22. The minimum Gasteiger partial charge on any atom is -0.352 e. The number of rotatable bonds is 6. The summed E-state index contributed by atoms with van der Waals surface area (Å²) in [6, 6.07) is 6.76. The third kappa shape index (κ3) is 5.06. The van der Waals surface area contributed by atoms with Gasteiger partial charge in [-0.15, -0.1) is 6.58 Å². The van der Waals surface area contributed by atoms with Gasteiger partial charge in [0.2, 0.25) is 15.9 Å². The average molecular weight is 357 g/mol. The van der Waals surface area contributed by atoms with Crippen molar-refractivity contribution in [2.45, 2.75) is 18.6 Å². The van der Waals surface area contributed by atoms with Crippen LogP contribution in [0.1, 0.15) is 18.4 Å². The lowest BCUT2D eigenvalue weighted by molar-refractivity contribution is -0.125. The summed E-state index contributed by atoms with van der Waals surface area (Å²) in [5, 5.41) is 3.31. The van der Waals surface area contributed by atoms with Crippen molar-refractivity contribution >= 4 is 27.5 Å². The lowest BCUT2D eigenvalue weighted by atomic mass is 9.99. The maximum atomic E-state index is 12.6. The van der Waals surface area contributed by atoms with Crippen LogP contribution >= 0.6 is 11.6 Å². The van der Waals surface area contributed by atoms with Crippen LogP contribution in [0, 0.1) is 5.92 Å². The molecule has 1 saturated heterocycles. The molecule has 0 spiro atoms. The Morgan fingerprint density at radius 1 is 1.39 bits per heavy atom. The third-order valence-electron chi connectivity index (χ3n) is 3.83. The van der Waals surface area contributed by atoms with Gasteiger partial charge in [0.05, 0.1) is 11.7 Å². The first-order chi connectivity index (χ1) is 10.9. The summed E-state index contributed by atoms with van der Waals surface area (Å²) in [5.74, 6) is -0.495. The van der Waals surface area contributed by atoms with Crippen LogP contribution in [0.2, 0.25) is 5.02 Å². The van der Waals surface area contributed by atoms with Gasteiger partial charge in [-0.1, -0.05) is 29.8 Å². The summed E-state index contributed by atoms with van der Waals surface area (Å²) in [5.41, 5.74) is 0.688. The molecule has 0 unspecified atom stereocenters. The SMILES string of the molecule is C=CCNC(=O)[C@H]1CCCN(S(=O)(=O)Cc2ccc(Cl)cc2)C1. The van der Waals surface area contributed by atoms with Crippen LogP contribution in [0.25, 0.3) is 0 Å². The highest BCUT2D eigenvalue weighted by molar-refractivity contribution is 7.88. The minimum absolute atomic E-state index is 0.0782. The van der Waals surface area contributed by atoms with Crippen molar-refractivity contribution < 1.29 is 13.2 Å². The van der Waals surface area contributed by atoms with Crippen molar-refractivity contribution in [2.24, 2.45) is 5.92 Å². The van der Waals surface area contributed by atoms with E-state index in [1.54, 1.807) is 30.3 Å². The normalized spacial score (nSPS) is 19.3. The highest BCUT2D eigenvalue weighted by Gasteiger charge is 2.32. The number of hydrogen-bond acceptors (Lipinski definition) is 3. The Balaban J connectivity index is 2.02. The molecule has 0 aliphatic carbocycles. The molecule has 1 N–H and O–H groups in total. The number of sulfonamides is 1. The molecular weight excluding hydrogens is 336 g/mol. The van der Waals surface area contributed by atoms with Crippen molar-refractivity contribution in [1.29, 1.82) is 0 Å². The molecule has 1 fully saturated rings. The Bertz CT molecular complexity index is 658. The first-order valence-electron chi connectivity index (χ1n) is 7.53. The van der Waals surface area contributed by atoms with E-state index < -0.39 is 10.0 Å². The molecule has 0 bridgehead atoms. The van der Waals surface area contributed by atoms with E-state index in [0.717, 1.165) is 0 Å². The van der Waals surface area contributed by atoms with E-state index in [2.05, 4.69) is 11.9 Å². The van der Waals surface area contributed by atoms with E-state index in [1.165, 1.54) is 4.31 Å². The molecule has 23 heavy (non-hydrogen) atoms. The van der Waals surface area contributed by atoms with Crippen molar-refractivity contribution in [2.75, 3.05) is 19.6 Å². The molecule has 126 valence electrons. The number of amides is 1. The fraction of sp³-hybridized carbons (Fsp3) is 0.438. The summed E-state index contributed by atoms with van der Waals surface area (Å²) in [6.45, 7) is 4.64. The van der Waals surface area contributed by atoms with Gasteiger partial charge in [-0.3, -0.25) is 4.79 Å². The summed E-state index contributed by atoms with van der Waals surface area (Å²) in [6.07, 6.45) is 3.00. The van der Waals surface area contributed by atoms with Crippen LogP contribution in [0.5, 0.6) is 0 Å². The molecule has 0 radical (unpaired) electrons. The van der Waals surface area contributed by atoms with Gasteiger partial charge in [0.1, 0.15) is 0 Å². The van der Waals surface area contributed by atoms with E-state index in [9.17, 15) is 13.2 Å². The van der Waals surface area contributed by atoms with Crippen LogP contribution in [-0.2, 0) is 20.6 Å². The fourth-order valence-electron chi connectivity index (χ4n) is 2.61. The van der Waals surface area contributed by atoms with Crippen LogP contribution in [0.3, 0.4) is 0 Å². The van der Waals surface area contributed by atoms with Crippen LogP contribution in [0.4, 0.5) is 0 Å². The third-order valence-corrected chi connectivity index (χ3v) is 5.90. The quantitative estimate of drug-likeness (QED) is 0.794. The molecular formula is C16H21ClN2O3S. The number of carbonyl (C=O) groups excluding carboxylic acids is 1. The van der Waals surface area contributed by atoms with Crippen molar-refractivity contribution in [3.05, 3.63) is 47.5 Å². The van der Waals surface area contributed by atoms with E-state index in [0.29, 0.717) is 36.5 Å². The van der Waals surface area contributed by atoms with E-state index in [4.69, 9.17) is 11.6 Å². The lowest BCUT2D eigenvalue weighted by Crippen LogP contribution is -2.45. The van der Waals surface area contributed by atoms with E-state index in [1.807, 2.05) is 0 Å². The van der Waals surface area contributed by atoms with Crippen molar-refractivity contribution in [1.82, 2.24) is 9.62 Å². The largest absolute Gasteiger partial charge is 0.352 e. The number of nitrogens with zero attached hydrogens (tertiary/aromatic N) is 1. The summed E-state index contributed by atoms with van der Waals surface area (Å²) in [4.78, 5) is 12.0. The van der Waals surface area contributed by atoms with Gasteiger partial charge in [-0.2, -0.15) is 0 Å². The lowest BCUT2D eigenvalue weighted by Gasteiger charge is -2.31. The van der Waals surface area contributed by atoms with Crippen LogP contribution < -0.4 is 5.32 Å². The van der Waals surface area contributed by atoms with Crippen molar-refractivity contribution in [3.63, 3.8) is 0 Å². The first kappa shape index (κ1) is 18.0. The zero-order valence-electron chi connectivity index (χ0n) is 12.9. The molecule has 1 heterocycles. The van der Waals surface area contributed by atoms with Crippen molar-refractivity contribution in [3.8, 4) is 0 Å². The molecule has 1 aliphatic heterocycles. The second kappa shape index (κ2) is 7.95. The van der Waals surface area contributed by atoms with E-state index in [-0.39, 0.29) is 24.1 Å². The summed E-state index contributed by atoms with van der Waals surface area (Å²) >= 11 is 5.82. The molecule has 7 heteroatoms. The van der Waals surface area contributed by atoms with Crippen LogP contribution in [0.15, 0.2) is 36.9 Å². The molecule has 1 aromatic carbocycles. The predicted molar refractivity (Wildman–Crippen MR) is 91.6 cm³/mol. The number of benzene rings is 1. The van der Waals surface area contributed by atoms with Gasteiger partial charge in [0, 0.05) is 24.7 Å². The summed E-state index contributed by atoms with van der Waals surface area (Å²) < 4.78 is 26.6. The number of hydrogen-bond donors (Lipinski definition) is 1. The number of piperidine rings is 1. The highest BCUT2D eigenvalue weighted by atomic mass is 35.5. The first-order valence-corrected chi connectivity index (χ1v) is 9.52. The van der Waals surface area contributed by atoms with Gasteiger partial charge in [0.15, 0.2) is 0 Å². The van der Waals surface area contributed by atoms with E-state index >= 15 is 0 Å². The molecule has 1 amide bonds. The Morgan fingerprint density at radius 2 is 2.09 bits per heavy atom. The Kier molecular flexibility index (Phi) is 6.21. The molecule has 0 saturated carbocycles. The van der Waals surface area contributed by atoms with Gasteiger partial charge in [-0.25, -0.2) is 12.7 Å². The zero-order valence-corrected chi connectivity index (χ0v) is 14.4. The molecule has 0 aromatic heterocycles. The molecule has 1 aromatic rings. The maximum Gasteiger partial charge on any atom is 0.224 e. The topological polar surface area (TPSA) is 66.5 Å². The second-order valence-corrected chi connectivity index (χ2v) is 8.02. The second-order valence-electron chi connectivity index (χ2n) is 5.61. The maximum absolute atomic E-state index is 12.6. The summed E-state index contributed by atoms with van der Waals surface area (Å²) in [7, 11) is -3.45. The molecule has 1 aliphatic rings. The molecule has 5 nitrogen and oxygen atoms in total. The Morgan fingerprint density at radius 3 is 2.74 bits per heavy atom. The average Bonchev–Trinajstić information content (AvgIpc) is 2.54. The number of nitrogens with one attached hydrogen (secondary N) is 1.